The SMILES string of the molecule is Oc1cccc(CC=CCCCl)c1. The normalized spacial score (nSPS) is 10.8. The van der Waals surface area contributed by atoms with E-state index >= 15 is 0 Å². The molecule has 0 saturated carbocycles. The Kier molecular flexibility index (Phi) is 4.41. The molecule has 0 atom stereocenters. The predicted octanol–water partition coefficient (Wildman–Crippen LogP) is 3.12. The first-order valence-electron chi connectivity index (χ1n) is 4.32. The topological polar surface area (TPSA) is 20.2 Å². The zero-order valence-electron chi connectivity index (χ0n) is 7.41. The molecule has 0 bridgehead atoms. The summed E-state index contributed by atoms with van der Waals surface area (Å²) in [5, 5.41) is 9.17. The summed E-state index contributed by atoms with van der Waals surface area (Å²) in [4.78, 5) is 0. The minimum Gasteiger partial charge on any atom is -0.508 e. The van der Waals surface area contributed by atoms with Crippen molar-refractivity contribution in [3.8, 4) is 5.75 Å². The molecule has 0 saturated heterocycles. The van der Waals surface area contributed by atoms with E-state index < -0.39 is 0 Å². The van der Waals surface area contributed by atoms with Crippen molar-refractivity contribution in [2.24, 2.45) is 0 Å². The molecule has 0 amide bonds. The minimum absolute atomic E-state index is 0.322. The van der Waals surface area contributed by atoms with Crippen LogP contribution in [0.2, 0.25) is 0 Å². The molecule has 13 heavy (non-hydrogen) atoms. The maximum Gasteiger partial charge on any atom is 0.115 e. The number of aromatic hydroxyl groups is 1. The monoisotopic (exact) mass is 196 g/mol. The summed E-state index contributed by atoms with van der Waals surface area (Å²) in [6.45, 7) is 0. The standard InChI is InChI=1S/C11H13ClO/c12-8-3-1-2-5-10-6-4-7-11(13)9-10/h1-2,4,6-7,9,13H,3,5,8H2. The second kappa shape index (κ2) is 5.65. The van der Waals surface area contributed by atoms with Crippen molar-refractivity contribution in [3.05, 3.63) is 42.0 Å². The molecular formula is C11H13ClO. The highest BCUT2D eigenvalue weighted by molar-refractivity contribution is 6.17. The predicted molar refractivity (Wildman–Crippen MR) is 56.3 cm³/mol. The van der Waals surface area contributed by atoms with E-state index in [9.17, 15) is 5.11 Å². The van der Waals surface area contributed by atoms with Gasteiger partial charge < -0.3 is 5.11 Å². The molecular weight excluding hydrogens is 184 g/mol. The van der Waals surface area contributed by atoms with Crippen molar-refractivity contribution in [1.29, 1.82) is 0 Å². The van der Waals surface area contributed by atoms with Crippen LogP contribution in [-0.4, -0.2) is 11.0 Å². The van der Waals surface area contributed by atoms with Crippen LogP contribution in [0.3, 0.4) is 0 Å². The molecule has 0 aromatic heterocycles. The lowest BCUT2D eigenvalue weighted by molar-refractivity contribution is 0.474. The molecule has 0 radical (unpaired) electrons. The fraction of sp³-hybridized carbons (Fsp3) is 0.273. The maximum atomic E-state index is 9.17. The van der Waals surface area contributed by atoms with Crippen LogP contribution in [0, 0.1) is 0 Å². The molecule has 0 heterocycles. The van der Waals surface area contributed by atoms with Gasteiger partial charge in [0.2, 0.25) is 0 Å². The Bertz CT molecular complexity index is 281. The molecule has 1 N–H and O–H groups in total. The molecule has 0 unspecified atom stereocenters. The first kappa shape index (κ1) is 10.1. The van der Waals surface area contributed by atoms with Crippen LogP contribution in [0.1, 0.15) is 12.0 Å². The highest BCUT2D eigenvalue weighted by Crippen LogP contribution is 2.11. The highest BCUT2D eigenvalue weighted by Gasteiger charge is 1.90. The Hall–Kier alpha value is -0.950. The summed E-state index contributed by atoms with van der Waals surface area (Å²) in [7, 11) is 0. The average Bonchev–Trinajstić information content (AvgIpc) is 2.13. The van der Waals surface area contributed by atoms with Crippen molar-refractivity contribution in [3.63, 3.8) is 0 Å². The van der Waals surface area contributed by atoms with Gasteiger partial charge in [0, 0.05) is 5.88 Å². The highest BCUT2D eigenvalue weighted by atomic mass is 35.5. The van der Waals surface area contributed by atoms with Gasteiger partial charge in [-0.1, -0.05) is 24.3 Å². The lowest BCUT2D eigenvalue weighted by Gasteiger charge is -1.96. The number of phenolic OH excluding ortho intramolecular Hbond substituents is 1. The number of allylic oxidation sites excluding steroid dienone is 2. The molecule has 1 aromatic carbocycles. The number of phenols is 1. The van der Waals surface area contributed by atoms with E-state index in [1.807, 2.05) is 12.1 Å². The van der Waals surface area contributed by atoms with Gasteiger partial charge in [-0.25, -0.2) is 0 Å². The van der Waals surface area contributed by atoms with Crippen molar-refractivity contribution in [1.82, 2.24) is 0 Å². The first-order valence-corrected chi connectivity index (χ1v) is 4.85. The number of hydrogen-bond acceptors (Lipinski definition) is 1. The minimum atomic E-state index is 0.322. The number of rotatable bonds is 4. The fourth-order valence-corrected chi connectivity index (χ4v) is 1.21. The van der Waals surface area contributed by atoms with E-state index in [1.165, 1.54) is 0 Å². The van der Waals surface area contributed by atoms with Gasteiger partial charge in [0.25, 0.3) is 0 Å². The molecule has 1 rings (SSSR count). The van der Waals surface area contributed by atoms with Gasteiger partial charge in [0.1, 0.15) is 5.75 Å². The average molecular weight is 197 g/mol. The Morgan fingerprint density at radius 1 is 1.31 bits per heavy atom. The molecule has 70 valence electrons. The first-order chi connectivity index (χ1) is 6.33. The van der Waals surface area contributed by atoms with Crippen LogP contribution in [-0.2, 0) is 6.42 Å². The second-order valence-electron chi connectivity index (χ2n) is 2.82. The van der Waals surface area contributed by atoms with Gasteiger partial charge >= 0.3 is 0 Å². The van der Waals surface area contributed by atoms with E-state index in [2.05, 4.69) is 12.2 Å². The quantitative estimate of drug-likeness (QED) is 0.580. The number of benzene rings is 1. The summed E-state index contributed by atoms with van der Waals surface area (Å²) in [6, 6.07) is 7.28. The lowest BCUT2D eigenvalue weighted by atomic mass is 10.1. The van der Waals surface area contributed by atoms with Crippen LogP contribution in [0.25, 0.3) is 0 Å². The Morgan fingerprint density at radius 3 is 2.85 bits per heavy atom. The fourth-order valence-electron chi connectivity index (χ4n) is 1.08. The molecule has 1 aromatic rings. The van der Waals surface area contributed by atoms with E-state index in [0.29, 0.717) is 11.6 Å². The Morgan fingerprint density at radius 2 is 2.15 bits per heavy atom. The zero-order valence-corrected chi connectivity index (χ0v) is 8.17. The summed E-state index contributed by atoms with van der Waals surface area (Å²) in [5.41, 5.74) is 1.12. The molecule has 1 nitrogen and oxygen atoms in total. The summed E-state index contributed by atoms with van der Waals surface area (Å²) < 4.78 is 0. The van der Waals surface area contributed by atoms with Gasteiger partial charge in [-0.15, -0.1) is 11.6 Å². The van der Waals surface area contributed by atoms with Crippen molar-refractivity contribution < 1.29 is 5.11 Å². The molecule has 0 aliphatic heterocycles. The Balaban J connectivity index is 2.45. The Labute approximate surface area is 83.7 Å². The van der Waals surface area contributed by atoms with Crippen LogP contribution in [0.5, 0.6) is 5.75 Å². The van der Waals surface area contributed by atoms with Gasteiger partial charge in [-0.05, 0) is 30.5 Å². The molecule has 0 aliphatic rings. The molecule has 0 aliphatic carbocycles. The molecule has 0 spiro atoms. The molecule has 2 heteroatoms. The van der Waals surface area contributed by atoms with Crippen LogP contribution < -0.4 is 0 Å². The van der Waals surface area contributed by atoms with Gasteiger partial charge in [-0.3, -0.25) is 0 Å². The van der Waals surface area contributed by atoms with Gasteiger partial charge in [0.15, 0.2) is 0 Å². The third-order valence-electron chi connectivity index (χ3n) is 1.71. The van der Waals surface area contributed by atoms with Crippen LogP contribution in [0.4, 0.5) is 0 Å². The summed E-state index contributed by atoms with van der Waals surface area (Å²) >= 11 is 5.52. The lowest BCUT2D eigenvalue weighted by Crippen LogP contribution is -1.79. The molecule has 0 fully saturated rings. The van der Waals surface area contributed by atoms with Crippen molar-refractivity contribution in [2.75, 3.05) is 5.88 Å². The zero-order chi connectivity index (χ0) is 9.52. The number of halogens is 1. The largest absolute Gasteiger partial charge is 0.508 e. The van der Waals surface area contributed by atoms with Crippen molar-refractivity contribution in [2.45, 2.75) is 12.8 Å². The number of hydrogen-bond donors (Lipinski definition) is 1. The van der Waals surface area contributed by atoms with E-state index in [0.717, 1.165) is 18.4 Å². The third-order valence-corrected chi connectivity index (χ3v) is 1.92. The maximum absolute atomic E-state index is 9.17. The van der Waals surface area contributed by atoms with Crippen molar-refractivity contribution >= 4 is 11.6 Å². The van der Waals surface area contributed by atoms with Gasteiger partial charge in [0.05, 0.1) is 0 Å². The van der Waals surface area contributed by atoms with Crippen LogP contribution >= 0.6 is 11.6 Å². The third kappa shape index (κ3) is 4.00. The smallest absolute Gasteiger partial charge is 0.115 e. The van der Waals surface area contributed by atoms with E-state index in [4.69, 9.17) is 11.6 Å². The van der Waals surface area contributed by atoms with Gasteiger partial charge in [-0.2, -0.15) is 0 Å². The van der Waals surface area contributed by atoms with Crippen LogP contribution in [0.15, 0.2) is 36.4 Å². The van der Waals surface area contributed by atoms with E-state index in [1.54, 1.807) is 12.1 Å². The second-order valence-corrected chi connectivity index (χ2v) is 3.20. The number of alkyl halides is 1. The van der Waals surface area contributed by atoms with E-state index in [-0.39, 0.29) is 0 Å². The summed E-state index contributed by atoms with van der Waals surface area (Å²) in [5.74, 6) is 0.986. The summed E-state index contributed by atoms with van der Waals surface area (Å²) in [6.07, 6.45) is 5.87.